The molecule has 1 fully saturated rings. The molecule has 1 unspecified atom stereocenters. The molecule has 10 heteroatoms. The van der Waals surface area contributed by atoms with Gasteiger partial charge < -0.3 is 9.84 Å². The quantitative estimate of drug-likeness (QED) is 0.288. The lowest BCUT2D eigenvalue weighted by molar-refractivity contribution is -0.759. The van der Waals surface area contributed by atoms with E-state index in [1.54, 1.807) is 11.0 Å². The molecule has 0 amide bonds. The second-order valence-corrected chi connectivity index (χ2v) is 10.1. The summed E-state index contributed by atoms with van der Waals surface area (Å²) in [5.74, 6) is 0.429. The van der Waals surface area contributed by atoms with Gasteiger partial charge in [-0.15, -0.1) is 5.01 Å². The van der Waals surface area contributed by atoms with Crippen molar-refractivity contribution in [2.24, 2.45) is 16.3 Å². The number of pyridine rings is 1. The molecule has 0 aromatic carbocycles. The standard InChI is InChI=1S/C22H28N6O3S/c1-22(2,3)17-4-5-18-15(11-17)10-16(12-23)21(24-18)32-14-19(29)25-20-13-28(26-31-20)27-6-8-30-9-7-27/h10,13,17H,4-9,11,14H2,1-3H3. The highest BCUT2D eigenvalue weighted by Gasteiger charge is 2.30. The summed E-state index contributed by atoms with van der Waals surface area (Å²) in [5, 5.41) is 28.5. The van der Waals surface area contributed by atoms with E-state index in [1.165, 1.54) is 11.8 Å². The zero-order chi connectivity index (χ0) is 22.7. The van der Waals surface area contributed by atoms with Gasteiger partial charge in [0.2, 0.25) is 5.27 Å². The van der Waals surface area contributed by atoms with Crippen LogP contribution in [0.2, 0.25) is 0 Å². The Kier molecular flexibility index (Phi) is 6.67. The van der Waals surface area contributed by atoms with Gasteiger partial charge in [-0.25, -0.2) is 9.98 Å². The van der Waals surface area contributed by atoms with Crippen molar-refractivity contribution in [1.82, 2.24) is 10.3 Å². The Bertz CT molecular complexity index is 1030. The van der Waals surface area contributed by atoms with Crippen molar-refractivity contribution in [1.29, 1.82) is 5.26 Å². The van der Waals surface area contributed by atoms with Gasteiger partial charge in [0, 0.05) is 11.4 Å². The lowest BCUT2D eigenvalue weighted by Gasteiger charge is -2.34. The number of hydrogen-bond donors (Lipinski definition) is 0. The monoisotopic (exact) mass is 456 g/mol. The molecule has 0 radical (unpaired) electrons. The minimum absolute atomic E-state index is 0.0728. The SMILES string of the molecule is CC(C)(C)C1CCc2nc(SC/C([O-])=N/c3c[n+](N4CCOCC4)no3)c(C#N)cc2C1. The summed E-state index contributed by atoms with van der Waals surface area (Å²) in [7, 11) is 0. The number of nitriles is 1. The van der Waals surface area contributed by atoms with E-state index in [-0.39, 0.29) is 22.9 Å². The molecule has 4 rings (SSSR count). The van der Waals surface area contributed by atoms with E-state index in [4.69, 9.17) is 14.2 Å². The van der Waals surface area contributed by atoms with Crippen LogP contribution in [-0.4, -0.2) is 48.2 Å². The number of fused-ring (bicyclic) bond motifs is 1. The molecule has 1 aliphatic carbocycles. The van der Waals surface area contributed by atoms with Crippen LogP contribution in [0.4, 0.5) is 5.88 Å². The van der Waals surface area contributed by atoms with Gasteiger partial charge in [-0.3, -0.25) is 4.52 Å². The molecule has 0 saturated carbocycles. The molecule has 1 atom stereocenters. The van der Waals surface area contributed by atoms with Gasteiger partial charge in [0.05, 0.1) is 36.7 Å². The third-order valence-corrected chi connectivity index (χ3v) is 6.96. The number of aliphatic imine (C=N–C) groups is 1. The summed E-state index contributed by atoms with van der Waals surface area (Å²) in [6.45, 7) is 9.41. The number of aryl methyl sites for hydroxylation is 1. The second-order valence-electron chi connectivity index (χ2n) is 9.19. The highest BCUT2D eigenvalue weighted by molar-refractivity contribution is 7.99. The third-order valence-electron chi connectivity index (χ3n) is 5.99. The summed E-state index contributed by atoms with van der Waals surface area (Å²) < 4.78 is 10.5. The predicted octanol–water partition coefficient (Wildman–Crippen LogP) is 1.53. The molecule has 32 heavy (non-hydrogen) atoms. The fraction of sp³-hybridized carbons (Fsp3) is 0.591. The van der Waals surface area contributed by atoms with Crippen molar-refractivity contribution in [3.63, 3.8) is 0 Å². The maximum absolute atomic E-state index is 12.4. The Balaban J connectivity index is 1.42. The van der Waals surface area contributed by atoms with E-state index in [9.17, 15) is 10.4 Å². The van der Waals surface area contributed by atoms with Crippen LogP contribution in [0.3, 0.4) is 0 Å². The summed E-state index contributed by atoms with van der Waals surface area (Å²) in [6.07, 6.45) is 4.50. The zero-order valence-corrected chi connectivity index (χ0v) is 19.5. The van der Waals surface area contributed by atoms with Gasteiger partial charge in [-0.2, -0.15) is 5.26 Å². The van der Waals surface area contributed by atoms with Crippen LogP contribution in [0.5, 0.6) is 0 Å². The predicted molar refractivity (Wildman–Crippen MR) is 117 cm³/mol. The van der Waals surface area contributed by atoms with Crippen LogP contribution in [0, 0.1) is 22.7 Å². The molecule has 2 aliphatic rings. The van der Waals surface area contributed by atoms with E-state index in [0.717, 1.165) is 30.5 Å². The molecule has 0 spiro atoms. The first-order valence-electron chi connectivity index (χ1n) is 10.9. The lowest BCUT2D eigenvalue weighted by Crippen LogP contribution is -2.62. The fourth-order valence-corrected chi connectivity index (χ4v) is 4.79. The number of hydrogen-bond acceptors (Lipinski definition) is 9. The number of morpholine rings is 1. The number of nitrogens with zero attached hydrogens (tertiary/aromatic N) is 6. The average Bonchev–Trinajstić information content (AvgIpc) is 3.25. The third kappa shape index (κ3) is 5.22. The van der Waals surface area contributed by atoms with Crippen LogP contribution in [0.25, 0.3) is 0 Å². The van der Waals surface area contributed by atoms with Gasteiger partial charge in [-0.05, 0) is 48.1 Å². The van der Waals surface area contributed by atoms with E-state index in [1.807, 2.05) is 11.1 Å². The molecule has 3 heterocycles. The largest absolute Gasteiger partial charge is 0.861 e. The summed E-state index contributed by atoms with van der Waals surface area (Å²) in [4.78, 5) is 10.3. The van der Waals surface area contributed by atoms with Crippen molar-refractivity contribution in [2.75, 3.05) is 37.1 Å². The fourth-order valence-electron chi connectivity index (χ4n) is 4.03. The molecule has 2 aromatic heterocycles. The smallest absolute Gasteiger partial charge is 0.324 e. The Morgan fingerprint density at radius 3 is 2.91 bits per heavy atom. The molecule has 2 aromatic rings. The molecule has 0 N–H and O–H groups in total. The molecule has 170 valence electrons. The summed E-state index contributed by atoms with van der Waals surface area (Å²) >= 11 is 1.24. The summed E-state index contributed by atoms with van der Waals surface area (Å²) in [5.41, 5.74) is 2.94. The van der Waals surface area contributed by atoms with Crippen LogP contribution in [0.1, 0.15) is 44.0 Å². The first-order valence-corrected chi connectivity index (χ1v) is 11.8. The van der Waals surface area contributed by atoms with E-state index in [2.05, 4.69) is 37.1 Å². The highest BCUT2D eigenvalue weighted by atomic mass is 32.2. The van der Waals surface area contributed by atoms with Gasteiger partial charge in [-0.1, -0.05) is 32.5 Å². The zero-order valence-electron chi connectivity index (χ0n) is 18.7. The van der Waals surface area contributed by atoms with Gasteiger partial charge in [0.1, 0.15) is 11.1 Å². The number of rotatable bonds is 5. The van der Waals surface area contributed by atoms with Crippen molar-refractivity contribution < 1.29 is 19.2 Å². The Labute approximate surface area is 192 Å². The first kappa shape index (κ1) is 22.6. The maximum atomic E-state index is 12.4. The topological polar surface area (TPSA) is 114 Å². The maximum Gasteiger partial charge on any atom is 0.324 e. The molecule has 0 bridgehead atoms. The average molecular weight is 457 g/mol. The Morgan fingerprint density at radius 1 is 1.41 bits per heavy atom. The van der Waals surface area contributed by atoms with Crippen molar-refractivity contribution >= 4 is 23.5 Å². The van der Waals surface area contributed by atoms with Crippen LogP contribution in [-0.2, 0) is 17.6 Å². The molecular formula is C22H28N6O3S. The van der Waals surface area contributed by atoms with E-state index < -0.39 is 0 Å². The molecular weight excluding hydrogens is 428 g/mol. The Hall–Kier alpha value is -2.64. The van der Waals surface area contributed by atoms with E-state index >= 15 is 0 Å². The minimum atomic E-state index is -0.364. The lowest BCUT2D eigenvalue weighted by atomic mass is 9.71. The number of thioether (sulfide) groups is 1. The highest BCUT2D eigenvalue weighted by Crippen LogP contribution is 2.38. The van der Waals surface area contributed by atoms with E-state index in [0.29, 0.717) is 42.8 Å². The van der Waals surface area contributed by atoms with Crippen molar-refractivity contribution in [3.8, 4) is 6.07 Å². The van der Waals surface area contributed by atoms with Gasteiger partial charge in [0.15, 0.2) is 0 Å². The molecule has 1 aliphatic heterocycles. The van der Waals surface area contributed by atoms with Gasteiger partial charge in [0.25, 0.3) is 6.20 Å². The number of aromatic nitrogens is 3. The Morgan fingerprint density at radius 2 is 2.19 bits per heavy atom. The van der Waals surface area contributed by atoms with Crippen LogP contribution >= 0.6 is 11.8 Å². The van der Waals surface area contributed by atoms with Crippen molar-refractivity contribution in [3.05, 3.63) is 29.1 Å². The normalized spacial score (nSPS) is 19.5. The molecule has 9 nitrogen and oxygen atoms in total. The number of ether oxygens (including phenoxy) is 1. The van der Waals surface area contributed by atoms with Crippen LogP contribution < -0.4 is 14.9 Å². The first-order chi connectivity index (χ1) is 15.3. The van der Waals surface area contributed by atoms with Gasteiger partial charge >= 0.3 is 5.88 Å². The van der Waals surface area contributed by atoms with Crippen LogP contribution in [0.15, 0.2) is 26.8 Å². The minimum Gasteiger partial charge on any atom is -0.861 e. The second kappa shape index (κ2) is 9.46. The molecule has 1 saturated heterocycles. The van der Waals surface area contributed by atoms with Crippen molar-refractivity contribution in [2.45, 2.75) is 45.1 Å². The summed E-state index contributed by atoms with van der Waals surface area (Å²) in [6, 6.07) is 4.19.